The highest BCUT2D eigenvalue weighted by Crippen LogP contribution is 2.40. The van der Waals surface area contributed by atoms with E-state index >= 15 is 0 Å². The van der Waals surface area contributed by atoms with E-state index in [2.05, 4.69) is 24.3 Å². The first-order chi connectivity index (χ1) is 17.4. The standard InChI is InChI=1S/C23H27F3N6O4S/c1-13-4-5-15(36-13)12-27-20-21(30-37(35)29-20)28-17-7-6-16(23(24,25)26)18(19(17)33)22(34)32(3)14-8-10-31(2)11-9-14/h4-7,14,33H,8-12H2,1-3H3,(H,27,29)(H,28,30). The second-order valence-electron chi connectivity index (χ2n) is 8.93. The summed E-state index contributed by atoms with van der Waals surface area (Å²) in [7, 11) is 3.37. The number of piperidine rings is 1. The van der Waals surface area contributed by atoms with Gasteiger partial charge in [0, 0.05) is 13.1 Å². The summed E-state index contributed by atoms with van der Waals surface area (Å²) in [5.41, 5.74) is -2.33. The van der Waals surface area contributed by atoms with E-state index in [1.165, 1.54) is 11.9 Å². The van der Waals surface area contributed by atoms with Crippen LogP contribution in [-0.2, 0) is 23.9 Å². The maximum atomic E-state index is 13.8. The molecule has 1 atom stereocenters. The van der Waals surface area contributed by atoms with Gasteiger partial charge >= 0.3 is 6.18 Å². The molecule has 37 heavy (non-hydrogen) atoms. The van der Waals surface area contributed by atoms with Gasteiger partial charge in [0.25, 0.3) is 17.1 Å². The molecule has 3 heterocycles. The number of amidine groups is 2. The highest BCUT2D eigenvalue weighted by atomic mass is 32.2. The Hall–Kier alpha value is -3.39. The molecule has 1 aromatic carbocycles. The maximum absolute atomic E-state index is 13.8. The normalized spacial score (nSPS) is 18.9. The van der Waals surface area contributed by atoms with Crippen LogP contribution in [0.25, 0.3) is 0 Å². The van der Waals surface area contributed by atoms with Crippen LogP contribution in [0.4, 0.5) is 18.9 Å². The number of amides is 1. The number of rotatable bonds is 5. The van der Waals surface area contributed by atoms with E-state index in [1.807, 2.05) is 7.05 Å². The van der Waals surface area contributed by atoms with Crippen LogP contribution in [0.5, 0.6) is 5.75 Å². The molecule has 1 aromatic heterocycles. The van der Waals surface area contributed by atoms with Crippen molar-refractivity contribution in [2.45, 2.75) is 38.5 Å². The van der Waals surface area contributed by atoms with E-state index in [9.17, 15) is 27.3 Å². The molecule has 1 unspecified atom stereocenters. The van der Waals surface area contributed by atoms with Gasteiger partial charge in [-0.2, -0.15) is 13.2 Å². The minimum Gasteiger partial charge on any atom is -0.505 e. The second kappa shape index (κ2) is 10.5. The van der Waals surface area contributed by atoms with Crippen LogP contribution in [0.1, 0.15) is 40.3 Å². The number of phenols is 1. The third-order valence-electron chi connectivity index (χ3n) is 6.30. The number of furan rings is 1. The summed E-state index contributed by atoms with van der Waals surface area (Å²) in [5.74, 6) is -0.583. The van der Waals surface area contributed by atoms with Gasteiger partial charge < -0.3 is 30.0 Å². The molecule has 1 saturated heterocycles. The average Bonchev–Trinajstić information content (AvgIpc) is 3.41. The maximum Gasteiger partial charge on any atom is 0.417 e. The van der Waals surface area contributed by atoms with Gasteiger partial charge in [0.05, 0.1) is 23.4 Å². The Labute approximate surface area is 214 Å². The summed E-state index contributed by atoms with van der Waals surface area (Å²) >= 11 is -1.98. The van der Waals surface area contributed by atoms with E-state index in [1.54, 1.807) is 19.1 Å². The Morgan fingerprint density at radius 3 is 2.51 bits per heavy atom. The molecule has 0 saturated carbocycles. The quantitative estimate of drug-likeness (QED) is 0.498. The first-order valence-electron chi connectivity index (χ1n) is 11.5. The highest BCUT2D eigenvalue weighted by molar-refractivity contribution is 7.83. The van der Waals surface area contributed by atoms with Crippen molar-refractivity contribution in [3.05, 3.63) is 46.9 Å². The SMILES string of the molecule is Cc1ccc(CNC2=NS(=O)N=C2Nc2ccc(C(F)(F)F)c(C(=O)N(C)C3CCN(C)CC3)c2O)o1. The molecule has 0 bridgehead atoms. The summed E-state index contributed by atoms with van der Waals surface area (Å²) in [6, 6.07) is 4.94. The number of anilines is 1. The van der Waals surface area contributed by atoms with Gasteiger partial charge in [0.15, 0.2) is 17.4 Å². The summed E-state index contributed by atoms with van der Waals surface area (Å²) < 4.78 is 66.7. The Bertz CT molecular complexity index is 1270. The Balaban J connectivity index is 1.60. The number of likely N-dealkylation sites (tertiary alicyclic amines) is 1. The number of hydrogen-bond donors (Lipinski definition) is 3. The van der Waals surface area contributed by atoms with E-state index < -0.39 is 40.1 Å². The third kappa shape index (κ3) is 5.96. The molecule has 2 aliphatic heterocycles. The third-order valence-corrected chi connectivity index (χ3v) is 6.97. The number of nitrogens with one attached hydrogen (secondary N) is 2. The lowest BCUT2D eigenvalue weighted by molar-refractivity contribution is -0.138. The molecular formula is C23H27F3N6O4S. The molecular weight excluding hydrogens is 513 g/mol. The van der Waals surface area contributed by atoms with Gasteiger partial charge in [-0.3, -0.25) is 4.79 Å². The van der Waals surface area contributed by atoms with Crippen LogP contribution in [0, 0.1) is 6.92 Å². The van der Waals surface area contributed by atoms with Crippen molar-refractivity contribution in [3.63, 3.8) is 0 Å². The summed E-state index contributed by atoms with van der Waals surface area (Å²) in [4.78, 5) is 16.6. The zero-order valence-corrected chi connectivity index (χ0v) is 21.2. The van der Waals surface area contributed by atoms with E-state index in [-0.39, 0.29) is 29.9 Å². The number of nitrogens with zero attached hydrogens (tertiary/aromatic N) is 4. The first-order valence-corrected chi connectivity index (χ1v) is 12.5. The number of aromatic hydroxyl groups is 1. The fourth-order valence-electron chi connectivity index (χ4n) is 4.21. The van der Waals surface area contributed by atoms with Crippen molar-refractivity contribution in [3.8, 4) is 5.75 Å². The lowest BCUT2D eigenvalue weighted by atomic mass is 9.99. The van der Waals surface area contributed by atoms with E-state index in [0.717, 1.165) is 12.1 Å². The average molecular weight is 541 g/mol. The number of phenolic OH excluding ortho intramolecular Hbond substituents is 1. The Kier molecular flexibility index (Phi) is 7.59. The number of halogens is 3. The Morgan fingerprint density at radius 1 is 1.22 bits per heavy atom. The van der Waals surface area contributed by atoms with Gasteiger partial charge in [-0.25, -0.2) is 4.21 Å². The number of carbonyl (C=O) groups excluding carboxylic acids is 1. The number of aryl methyl sites for hydroxylation is 1. The van der Waals surface area contributed by atoms with Crippen molar-refractivity contribution in [2.75, 3.05) is 32.5 Å². The number of benzene rings is 1. The van der Waals surface area contributed by atoms with Crippen molar-refractivity contribution in [2.24, 2.45) is 8.80 Å². The molecule has 200 valence electrons. The molecule has 2 aromatic rings. The van der Waals surface area contributed by atoms with Crippen molar-refractivity contribution >= 4 is 34.4 Å². The molecule has 1 amide bonds. The fourth-order valence-corrected chi connectivity index (χ4v) is 4.85. The van der Waals surface area contributed by atoms with E-state index in [0.29, 0.717) is 37.5 Å². The van der Waals surface area contributed by atoms with Crippen LogP contribution in [-0.4, -0.2) is 69.9 Å². The van der Waals surface area contributed by atoms with E-state index in [4.69, 9.17) is 4.42 Å². The smallest absolute Gasteiger partial charge is 0.417 e. The van der Waals surface area contributed by atoms with Crippen LogP contribution in [0.2, 0.25) is 0 Å². The predicted molar refractivity (Wildman–Crippen MR) is 133 cm³/mol. The minimum atomic E-state index is -4.88. The molecule has 4 rings (SSSR count). The predicted octanol–water partition coefficient (Wildman–Crippen LogP) is 3.07. The van der Waals surface area contributed by atoms with Crippen molar-refractivity contribution < 1.29 is 31.7 Å². The largest absolute Gasteiger partial charge is 0.505 e. The van der Waals surface area contributed by atoms with Crippen LogP contribution in [0.3, 0.4) is 0 Å². The monoisotopic (exact) mass is 540 g/mol. The highest BCUT2D eigenvalue weighted by Gasteiger charge is 2.40. The molecule has 3 N–H and O–H groups in total. The van der Waals surface area contributed by atoms with Crippen LogP contribution in [0.15, 0.2) is 37.5 Å². The van der Waals surface area contributed by atoms with Crippen molar-refractivity contribution in [1.82, 2.24) is 15.1 Å². The molecule has 10 nitrogen and oxygen atoms in total. The molecule has 0 spiro atoms. The van der Waals surface area contributed by atoms with Gasteiger partial charge in [-0.05, 0) is 64.2 Å². The van der Waals surface area contributed by atoms with Gasteiger partial charge in [0.1, 0.15) is 11.5 Å². The molecule has 0 aliphatic carbocycles. The first kappa shape index (κ1) is 26.7. The van der Waals surface area contributed by atoms with Gasteiger partial charge in [-0.1, -0.05) is 0 Å². The van der Waals surface area contributed by atoms with Gasteiger partial charge in [-0.15, -0.1) is 8.80 Å². The molecule has 2 aliphatic rings. The Morgan fingerprint density at radius 2 is 1.89 bits per heavy atom. The van der Waals surface area contributed by atoms with Crippen molar-refractivity contribution in [1.29, 1.82) is 0 Å². The molecule has 14 heteroatoms. The summed E-state index contributed by atoms with van der Waals surface area (Å²) in [5, 5.41) is 16.5. The zero-order valence-electron chi connectivity index (χ0n) is 20.4. The summed E-state index contributed by atoms with van der Waals surface area (Å²) in [6.45, 7) is 3.35. The molecule has 1 fully saturated rings. The lowest BCUT2D eigenvalue weighted by Gasteiger charge is -2.35. The van der Waals surface area contributed by atoms with Crippen LogP contribution < -0.4 is 10.6 Å². The zero-order chi connectivity index (χ0) is 26.9. The van der Waals surface area contributed by atoms with Crippen LogP contribution >= 0.6 is 0 Å². The topological polar surface area (TPSA) is 123 Å². The second-order valence-corrected chi connectivity index (χ2v) is 9.76. The lowest BCUT2D eigenvalue weighted by Crippen LogP contribution is -2.44. The number of alkyl halides is 3. The minimum absolute atomic E-state index is 0.0583. The number of carbonyl (C=O) groups is 1. The van der Waals surface area contributed by atoms with Gasteiger partial charge in [0.2, 0.25) is 0 Å². The fraction of sp³-hybridized carbons (Fsp3) is 0.435. The molecule has 0 radical (unpaired) electrons. The summed E-state index contributed by atoms with van der Waals surface area (Å²) in [6.07, 6.45) is -3.68. The number of hydrogen-bond acceptors (Lipinski definition) is 7.